The Balaban J connectivity index is 2.09. The summed E-state index contributed by atoms with van der Waals surface area (Å²) < 4.78 is 75.5. The quantitative estimate of drug-likeness (QED) is 0.488. The van der Waals surface area contributed by atoms with Gasteiger partial charge in [-0.3, -0.25) is 0 Å². The van der Waals surface area contributed by atoms with Crippen LogP contribution in [0.5, 0.6) is 0 Å². The Bertz CT molecular complexity index is 632. The molecule has 0 N–H and O–H groups in total. The van der Waals surface area contributed by atoms with Crippen molar-refractivity contribution < 1.29 is 26.3 Å². The van der Waals surface area contributed by atoms with Gasteiger partial charge >= 0.3 is 12.4 Å². The Morgan fingerprint density at radius 1 is 0.500 bits per heavy atom. The van der Waals surface area contributed by atoms with Crippen molar-refractivity contribution in [2.75, 3.05) is 0 Å². The van der Waals surface area contributed by atoms with Crippen LogP contribution in [0.1, 0.15) is 11.1 Å². The maximum atomic E-state index is 12.6. The second-order valence-electron chi connectivity index (χ2n) is 4.52. The van der Waals surface area contributed by atoms with Crippen molar-refractivity contribution in [3.05, 3.63) is 47.5 Å². The Hall–Kier alpha value is -1.98. The minimum atomic E-state index is -4.51. The van der Waals surface area contributed by atoms with Crippen LogP contribution in [0.25, 0.3) is 22.3 Å². The lowest BCUT2D eigenvalue weighted by Gasteiger charge is -2.26. The highest BCUT2D eigenvalue weighted by Gasteiger charge is 2.36. The molecule has 0 atom stereocenters. The highest BCUT2D eigenvalue weighted by atomic mass is 19.4. The first-order chi connectivity index (χ1) is 9.18. The topological polar surface area (TPSA) is 0 Å². The van der Waals surface area contributed by atoms with Gasteiger partial charge in [0.15, 0.2) is 0 Å². The van der Waals surface area contributed by atoms with Gasteiger partial charge in [-0.2, -0.15) is 26.3 Å². The molecule has 0 saturated carbocycles. The van der Waals surface area contributed by atoms with Crippen molar-refractivity contribution in [1.82, 2.24) is 0 Å². The zero-order valence-electron chi connectivity index (χ0n) is 9.73. The molecule has 0 fully saturated rings. The summed E-state index contributed by atoms with van der Waals surface area (Å²) in [6.07, 6.45) is -9.02. The van der Waals surface area contributed by atoms with E-state index in [9.17, 15) is 26.3 Å². The Morgan fingerprint density at radius 3 is 1.15 bits per heavy atom. The first-order valence-electron chi connectivity index (χ1n) is 5.61. The Kier molecular flexibility index (Phi) is 2.46. The molecule has 0 amide bonds. The van der Waals surface area contributed by atoms with E-state index in [2.05, 4.69) is 0 Å². The van der Waals surface area contributed by atoms with Gasteiger partial charge in [-0.05, 0) is 46.5 Å². The summed E-state index contributed by atoms with van der Waals surface area (Å²) in [6, 6.07) is 6.20. The van der Waals surface area contributed by atoms with E-state index < -0.39 is 23.5 Å². The number of benzene rings is 2. The molecule has 3 rings (SSSR count). The van der Waals surface area contributed by atoms with Crippen LogP contribution in [0.4, 0.5) is 26.3 Å². The van der Waals surface area contributed by atoms with Gasteiger partial charge in [-0.25, -0.2) is 0 Å². The minimum Gasteiger partial charge on any atom is -0.166 e. The first kappa shape index (κ1) is 13.0. The summed E-state index contributed by atoms with van der Waals surface area (Å²) in [5.74, 6) is 0. The number of fused-ring (bicyclic) bond motifs is 4. The zero-order chi connectivity index (χ0) is 14.7. The fourth-order valence-electron chi connectivity index (χ4n) is 2.29. The SMILES string of the molecule is FC(F)(F)c1ccc2c(c1)-c1cc(C(F)(F)F)ccc1-2. The van der Waals surface area contributed by atoms with Gasteiger partial charge in [0.25, 0.3) is 0 Å². The highest BCUT2D eigenvalue weighted by molar-refractivity contribution is 6.02. The first-order valence-corrected chi connectivity index (χ1v) is 5.61. The van der Waals surface area contributed by atoms with E-state index in [0.29, 0.717) is 11.1 Å². The van der Waals surface area contributed by atoms with E-state index >= 15 is 0 Å². The van der Waals surface area contributed by atoms with Crippen LogP contribution in [-0.4, -0.2) is 0 Å². The van der Waals surface area contributed by atoms with Gasteiger partial charge < -0.3 is 0 Å². The molecule has 0 unspecified atom stereocenters. The summed E-state index contributed by atoms with van der Waals surface area (Å²) in [5, 5.41) is 0. The van der Waals surface area contributed by atoms with E-state index in [1.165, 1.54) is 12.1 Å². The van der Waals surface area contributed by atoms with E-state index in [1.807, 2.05) is 0 Å². The molecule has 0 saturated heterocycles. The van der Waals surface area contributed by atoms with E-state index in [4.69, 9.17) is 0 Å². The minimum absolute atomic E-state index is 0.209. The summed E-state index contributed by atoms with van der Waals surface area (Å²) in [5.41, 5.74) is -0.219. The summed E-state index contributed by atoms with van der Waals surface area (Å²) in [7, 11) is 0. The third-order valence-electron chi connectivity index (χ3n) is 3.27. The number of rotatable bonds is 0. The van der Waals surface area contributed by atoms with Crippen molar-refractivity contribution >= 4 is 0 Å². The molecule has 6 heteroatoms. The number of alkyl halides is 6. The fraction of sp³-hybridized carbons (Fsp3) is 0.143. The van der Waals surface area contributed by atoms with Crippen molar-refractivity contribution in [1.29, 1.82) is 0 Å². The lowest BCUT2D eigenvalue weighted by molar-refractivity contribution is -0.138. The normalized spacial score (nSPS) is 13.5. The molecule has 1 aliphatic rings. The van der Waals surface area contributed by atoms with Crippen LogP contribution in [-0.2, 0) is 12.4 Å². The Morgan fingerprint density at radius 2 is 0.850 bits per heavy atom. The van der Waals surface area contributed by atoms with Crippen molar-refractivity contribution in [2.24, 2.45) is 0 Å². The van der Waals surface area contributed by atoms with E-state index in [-0.39, 0.29) is 11.1 Å². The predicted octanol–water partition coefficient (Wildman–Crippen LogP) is 5.37. The van der Waals surface area contributed by atoms with Crippen LogP contribution >= 0.6 is 0 Å². The highest BCUT2D eigenvalue weighted by Crippen LogP contribution is 2.50. The maximum Gasteiger partial charge on any atom is 0.416 e. The average Bonchev–Trinajstić information content (AvgIpc) is 2.32. The van der Waals surface area contributed by atoms with E-state index in [0.717, 1.165) is 24.3 Å². The molecule has 0 radical (unpaired) electrons. The molecule has 0 nitrogen and oxygen atoms in total. The summed E-state index contributed by atoms with van der Waals surface area (Å²) >= 11 is 0. The number of halogens is 6. The fourth-order valence-corrected chi connectivity index (χ4v) is 2.29. The van der Waals surface area contributed by atoms with Crippen LogP contribution in [0, 0.1) is 0 Å². The third kappa shape index (κ3) is 1.87. The second-order valence-corrected chi connectivity index (χ2v) is 4.52. The van der Waals surface area contributed by atoms with Gasteiger partial charge in [0.05, 0.1) is 11.1 Å². The molecule has 0 spiro atoms. The molecular weight excluding hydrogens is 282 g/mol. The Labute approximate surface area is 109 Å². The molecule has 2 aromatic rings. The molecular formula is C14H6F6. The molecule has 0 heterocycles. The van der Waals surface area contributed by atoms with Gasteiger partial charge in [0, 0.05) is 0 Å². The number of hydrogen-bond donors (Lipinski definition) is 0. The molecule has 0 aromatic heterocycles. The zero-order valence-corrected chi connectivity index (χ0v) is 9.73. The largest absolute Gasteiger partial charge is 0.416 e. The summed E-state index contributed by atoms with van der Waals surface area (Å²) in [4.78, 5) is 0. The van der Waals surface area contributed by atoms with E-state index in [1.54, 1.807) is 0 Å². The standard InChI is InChI=1S/C14H6F6/c15-13(16,17)7-1-3-9-10-4-2-8(14(18,19)20)6-12(10)11(9)5-7/h1-6H. The second kappa shape index (κ2) is 3.77. The van der Waals surface area contributed by atoms with Gasteiger partial charge in [0.1, 0.15) is 0 Å². The van der Waals surface area contributed by atoms with Gasteiger partial charge in [-0.1, -0.05) is 12.1 Å². The van der Waals surface area contributed by atoms with Crippen molar-refractivity contribution in [3.8, 4) is 22.3 Å². The molecule has 1 aliphatic carbocycles. The molecule has 0 aliphatic heterocycles. The van der Waals surface area contributed by atoms with Crippen LogP contribution < -0.4 is 0 Å². The van der Waals surface area contributed by atoms with Gasteiger partial charge in [-0.15, -0.1) is 0 Å². The lowest BCUT2D eigenvalue weighted by atomic mass is 9.79. The van der Waals surface area contributed by atoms with Crippen LogP contribution in [0.2, 0.25) is 0 Å². The maximum absolute atomic E-state index is 12.6. The average molecular weight is 288 g/mol. The van der Waals surface area contributed by atoms with Crippen LogP contribution in [0.3, 0.4) is 0 Å². The third-order valence-corrected chi connectivity index (χ3v) is 3.27. The van der Waals surface area contributed by atoms with Gasteiger partial charge in [0.2, 0.25) is 0 Å². The van der Waals surface area contributed by atoms with Crippen molar-refractivity contribution in [2.45, 2.75) is 12.4 Å². The predicted molar refractivity (Wildman–Crippen MR) is 60.9 cm³/mol. The molecule has 20 heavy (non-hydrogen) atoms. The smallest absolute Gasteiger partial charge is 0.166 e. The molecule has 2 aromatic carbocycles. The molecule has 104 valence electrons. The lowest BCUT2D eigenvalue weighted by Crippen LogP contribution is -2.10. The van der Waals surface area contributed by atoms with Crippen LogP contribution in [0.15, 0.2) is 36.4 Å². The molecule has 0 bridgehead atoms. The number of hydrogen-bond acceptors (Lipinski definition) is 0. The monoisotopic (exact) mass is 288 g/mol. The van der Waals surface area contributed by atoms with Crippen molar-refractivity contribution in [3.63, 3.8) is 0 Å². The summed E-state index contributed by atoms with van der Waals surface area (Å²) in [6.45, 7) is 0.